The molecule has 58 valence electrons. The topological polar surface area (TPSA) is 17.1 Å². The second-order valence-corrected chi connectivity index (χ2v) is 2.20. The molecule has 0 saturated carbocycles. The summed E-state index contributed by atoms with van der Waals surface area (Å²) >= 11 is 0. The van der Waals surface area contributed by atoms with Crippen LogP contribution in [0.3, 0.4) is 0 Å². The van der Waals surface area contributed by atoms with Crippen LogP contribution in [-0.4, -0.2) is 5.78 Å². The van der Waals surface area contributed by atoms with Crippen LogP contribution in [0.25, 0.3) is 0 Å². The second kappa shape index (κ2) is 5.15. The van der Waals surface area contributed by atoms with E-state index in [0.717, 1.165) is 5.56 Å². The molecule has 0 fully saturated rings. The van der Waals surface area contributed by atoms with Gasteiger partial charge in [-0.15, -0.1) is 0 Å². The van der Waals surface area contributed by atoms with Gasteiger partial charge in [-0.1, -0.05) is 30.3 Å². The molecule has 1 rings (SSSR count). The summed E-state index contributed by atoms with van der Waals surface area (Å²) < 4.78 is 0. The fourth-order valence-corrected chi connectivity index (χ4v) is 0.824. The molecule has 11 heavy (non-hydrogen) atoms. The molecule has 0 heterocycles. The van der Waals surface area contributed by atoms with Crippen LogP contribution in [0.5, 0.6) is 0 Å². The fourth-order valence-electron chi connectivity index (χ4n) is 0.824. The first-order chi connectivity index (χ1) is 4.79. The van der Waals surface area contributed by atoms with Crippen molar-refractivity contribution in [2.45, 2.75) is 6.42 Å². The Balaban J connectivity index is 0.000001000. The van der Waals surface area contributed by atoms with Crippen LogP contribution >= 0.6 is 0 Å². The average Bonchev–Trinajstić information content (AvgIpc) is 1.88. The number of hydrogen-bond acceptors (Lipinski definition) is 1. The Bertz CT molecular complexity index is 218. The van der Waals surface area contributed by atoms with E-state index in [9.17, 15) is 4.79 Å². The third kappa shape index (κ3) is 4.00. The Kier molecular flexibility index (Phi) is 4.89. The Morgan fingerprint density at radius 3 is 2.27 bits per heavy atom. The summed E-state index contributed by atoms with van der Waals surface area (Å²) in [7, 11) is 0. The molecule has 0 N–H and O–H groups in total. The van der Waals surface area contributed by atoms with Crippen molar-refractivity contribution in [3.05, 3.63) is 42.8 Å². The molecule has 0 aliphatic rings. The molecular formula is C9H9OW-. The maximum absolute atomic E-state index is 10.5. The van der Waals surface area contributed by atoms with Gasteiger partial charge >= 0.3 is 0 Å². The SMILES string of the molecule is [CH2-]C(=O)Cc1ccccc1.[W]. The van der Waals surface area contributed by atoms with E-state index in [0.29, 0.717) is 6.42 Å². The van der Waals surface area contributed by atoms with Crippen LogP contribution in [0, 0.1) is 6.92 Å². The molecule has 0 amide bonds. The maximum Gasteiger partial charge on any atom is 0.00219 e. The van der Waals surface area contributed by atoms with Crippen LogP contribution in [-0.2, 0) is 32.3 Å². The summed E-state index contributed by atoms with van der Waals surface area (Å²) in [5.41, 5.74) is 1.03. The van der Waals surface area contributed by atoms with Crippen molar-refractivity contribution < 1.29 is 25.9 Å². The maximum atomic E-state index is 10.5. The third-order valence-electron chi connectivity index (χ3n) is 1.24. The number of ketones is 1. The quantitative estimate of drug-likeness (QED) is 0.758. The summed E-state index contributed by atoms with van der Waals surface area (Å²) in [6.45, 7) is 3.29. The molecule has 0 unspecified atom stereocenters. The fraction of sp³-hybridized carbons (Fsp3) is 0.111. The number of carbonyl (C=O) groups excluding carboxylic acids is 1. The molecule has 0 atom stereocenters. The van der Waals surface area contributed by atoms with Crippen molar-refractivity contribution in [2.24, 2.45) is 0 Å². The van der Waals surface area contributed by atoms with Gasteiger partial charge in [-0.3, -0.25) is 0 Å². The zero-order valence-electron chi connectivity index (χ0n) is 6.12. The van der Waals surface area contributed by atoms with Crippen molar-refractivity contribution in [2.75, 3.05) is 0 Å². The first-order valence-electron chi connectivity index (χ1n) is 3.18. The summed E-state index contributed by atoms with van der Waals surface area (Å²) in [5, 5.41) is 0. The number of carbonyl (C=O) groups is 1. The molecule has 2 heteroatoms. The van der Waals surface area contributed by atoms with Gasteiger partial charge in [0.2, 0.25) is 0 Å². The van der Waals surface area contributed by atoms with E-state index in [1.807, 2.05) is 30.3 Å². The third-order valence-corrected chi connectivity index (χ3v) is 1.24. The van der Waals surface area contributed by atoms with Gasteiger partial charge in [0.05, 0.1) is 0 Å². The Morgan fingerprint density at radius 1 is 1.27 bits per heavy atom. The van der Waals surface area contributed by atoms with E-state index in [1.165, 1.54) is 0 Å². The average molecular weight is 317 g/mol. The van der Waals surface area contributed by atoms with Crippen LogP contribution in [0.15, 0.2) is 30.3 Å². The van der Waals surface area contributed by atoms with E-state index in [4.69, 9.17) is 0 Å². The molecule has 1 nitrogen and oxygen atoms in total. The van der Waals surface area contributed by atoms with Crippen molar-refractivity contribution in [3.8, 4) is 0 Å². The van der Waals surface area contributed by atoms with E-state index < -0.39 is 0 Å². The predicted octanol–water partition coefficient (Wildman–Crippen LogP) is 1.63. The second-order valence-electron chi connectivity index (χ2n) is 2.20. The molecule has 1 aromatic carbocycles. The van der Waals surface area contributed by atoms with Crippen molar-refractivity contribution >= 4 is 5.78 Å². The molecule has 1 aromatic rings. The van der Waals surface area contributed by atoms with Gasteiger partial charge in [0.1, 0.15) is 0 Å². The molecule has 0 aliphatic heterocycles. The molecule has 0 aliphatic carbocycles. The Labute approximate surface area is 81.1 Å². The van der Waals surface area contributed by atoms with Crippen LogP contribution in [0.2, 0.25) is 0 Å². The molecule has 0 saturated heterocycles. The number of Topliss-reactive ketones (excluding diaryl/α,β-unsaturated/α-hetero) is 1. The Morgan fingerprint density at radius 2 is 1.82 bits per heavy atom. The van der Waals surface area contributed by atoms with Crippen molar-refractivity contribution in [1.29, 1.82) is 0 Å². The predicted molar refractivity (Wildman–Crippen MR) is 40.5 cm³/mol. The van der Waals surface area contributed by atoms with Crippen LogP contribution in [0.4, 0.5) is 0 Å². The largest absolute Gasteiger partial charge is 0.339 e. The Hall–Kier alpha value is -0.552. The van der Waals surface area contributed by atoms with E-state index in [-0.39, 0.29) is 26.8 Å². The van der Waals surface area contributed by atoms with Gasteiger partial charge in [0.15, 0.2) is 0 Å². The van der Waals surface area contributed by atoms with Gasteiger partial charge in [-0.25, -0.2) is 0 Å². The number of benzene rings is 1. The van der Waals surface area contributed by atoms with Gasteiger partial charge in [0.25, 0.3) is 0 Å². The minimum absolute atomic E-state index is 0. The summed E-state index contributed by atoms with van der Waals surface area (Å²) in [4.78, 5) is 10.5. The van der Waals surface area contributed by atoms with Crippen molar-refractivity contribution in [3.63, 3.8) is 0 Å². The zero-order valence-corrected chi connectivity index (χ0v) is 9.05. The van der Waals surface area contributed by atoms with Gasteiger partial charge in [-0.2, -0.15) is 0 Å². The van der Waals surface area contributed by atoms with Gasteiger partial charge in [-0.05, 0) is 5.56 Å². The van der Waals surface area contributed by atoms with Gasteiger partial charge in [0, 0.05) is 33.3 Å². The summed E-state index contributed by atoms with van der Waals surface area (Å²) in [6, 6.07) is 9.60. The minimum Gasteiger partial charge on any atom is -0.339 e. The van der Waals surface area contributed by atoms with Crippen LogP contribution < -0.4 is 0 Å². The molecule has 0 spiro atoms. The molecular weight excluding hydrogens is 308 g/mol. The minimum atomic E-state index is -0.0359. The molecule has 0 aromatic heterocycles. The van der Waals surface area contributed by atoms with Crippen LogP contribution in [0.1, 0.15) is 5.56 Å². The number of hydrogen-bond donors (Lipinski definition) is 0. The molecule has 0 bridgehead atoms. The number of rotatable bonds is 2. The normalized spacial score (nSPS) is 8.36. The first kappa shape index (κ1) is 10.4. The molecule has 0 radical (unpaired) electrons. The monoisotopic (exact) mass is 317 g/mol. The first-order valence-corrected chi connectivity index (χ1v) is 3.18. The standard InChI is InChI=1S/C9H9O.W/c1-8(10)7-9-5-3-2-4-6-9;/h2-6H,1,7H2;/q-1;. The van der Waals surface area contributed by atoms with E-state index in [1.54, 1.807) is 0 Å². The van der Waals surface area contributed by atoms with E-state index in [2.05, 4.69) is 6.92 Å². The smallest absolute Gasteiger partial charge is 0.00219 e. The summed E-state index contributed by atoms with van der Waals surface area (Å²) in [5.74, 6) is -0.0359. The van der Waals surface area contributed by atoms with E-state index >= 15 is 0 Å². The zero-order chi connectivity index (χ0) is 7.40. The van der Waals surface area contributed by atoms with Gasteiger partial charge < -0.3 is 11.7 Å². The summed E-state index contributed by atoms with van der Waals surface area (Å²) in [6.07, 6.45) is 0.445. The van der Waals surface area contributed by atoms with Crippen molar-refractivity contribution in [1.82, 2.24) is 0 Å².